The van der Waals surface area contributed by atoms with E-state index < -0.39 is 11.7 Å². The molecule has 0 saturated carbocycles. The number of hydrogen-bond acceptors (Lipinski definition) is 6. The van der Waals surface area contributed by atoms with Crippen molar-refractivity contribution in [3.8, 4) is 108 Å². The van der Waals surface area contributed by atoms with Crippen LogP contribution in [0.3, 0.4) is 0 Å². The zero-order valence-electron chi connectivity index (χ0n) is 46.2. The van der Waals surface area contributed by atoms with E-state index in [-0.39, 0.29) is 23.0 Å². The van der Waals surface area contributed by atoms with Gasteiger partial charge in [0.1, 0.15) is 0 Å². The minimum Gasteiger partial charge on any atom is -0.309 e. The van der Waals surface area contributed by atoms with Crippen LogP contribution < -0.4 is 0 Å². The molecule has 14 rings (SSSR count). The Morgan fingerprint density at radius 3 is 1.20 bits per heavy atom. The second kappa shape index (κ2) is 21.2. The quantitative estimate of drug-likeness (QED) is 0.133. The van der Waals surface area contributed by atoms with Crippen LogP contribution in [-0.4, -0.2) is 24.1 Å². The zero-order valence-corrected chi connectivity index (χ0v) is 46.2. The molecule has 0 aliphatic heterocycles. The molecule has 9 nitrogen and oxygen atoms in total. The number of rotatable bonds is 9. The molecule has 14 aromatic rings. The second-order valence-electron chi connectivity index (χ2n) is 21.1. The average Bonchev–Trinajstić information content (AvgIpc) is 1.81. The summed E-state index contributed by atoms with van der Waals surface area (Å²) >= 11 is 0. The van der Waals surface area contributed by atoms with Crippen LogP contribution in [0.5, 0.6) is 0 Å². The number of nitriles is 3. The highest BCUT2D eigenvalue weighted by molar-refractivity contribution is 6.14. The van der Waals surface area contributed by atoms with Crippen molar-refractivity contribution in [3.05, 3.63) is 276 Å². The Balaban J connectivity index is 1.03. The van der Waals surface area contributed by atoms with Crippen LogP contribution >= 0.6 is 0 Å². The summed E-state index contributed by atoms with van der Waals surface area (Å²) in [5.74, 6) is 0.399. The summed E-state index contributed by atoms with van der Waals surface area (Å²) in [7, 11) is 0. The highest BCUT2D eigenvalue weighted by atomic mass is 19.4. The Morgan fingerprint density at radius 2 is 0.759 bits per heavy atom. The molecule has 3 heterocycles. The van der Waals surface area contributed by atoms with Crippen molar-refractivity contribution in [2.24, 2.45) is 0 Å². The van der Waals surface area contributed by atoms with E-state index in [1.165, 1.54) is 6.07 Å². The van der Waals surface area contributed by atoms with Gasteiger partial charge in [0, 0.05) is 38.2 Å². The van der Waals surface area contributed by atoms with E-state index in [4.69, 9.17) is 21.5 Å². The Kier molecular flexibility index (Phi) is 12.9. The highest BCUT2D eigenvalue weighted by Gasteiger charge is 2.33. The molecule has 0 saturated heterocycles. The monoisotopic (exact) mass is 1130 g/mol. The van der Waals surface area contributed by atoms with Crippen molar-refractivity contribution >= 4 is 49.3 Å². The highest BCUT2D eigenvalue weighted by Crippen LogP contribution is 2.45. The van der Waals surface area contributed by atoms with E-state index in [1.54, 1.807) is 24.3 Å². The lowest BCUT2D eigenvalue weighted by atomic mass is 9.96. The number of para-hydroxylation sites is 1. The van der Waals surface area contributed by atoms with Gasteiger partial charge < -0.3 is 9.13 Å². The van der Waals surface area contributed by atoms with E-state index in [0.717, 1.165) is 89.2 Å². The summed E-state index contributed by atoms with van der Waals surface area (Å²) < 4.78 is 50.2. The first-order valence-corrected chi connectivity index (χ1v) is 27.8. The molecule has 0 aliphatic rings. The SMILES string of the molecule is [C-]#[N+]c1ccccc1-c1ccc2c(c1)c1cc(-c3ccccc3C#N)ccc1n2-c1ccc(C(F)(F)F)cc1-c1nc(-c2ccccc2)nc(-c2cc(C)ccc2-n2c3ccc(-c4ccccc4C#N)cc3c3cc(-c4ccccc4C#N)ccc32)n1. The summed E-state index contributed by atoms with van der Waals surface area (Å²) in [6, 6.07) is 79.3. The predicted octanol–water partition coefficient (Wildman–Crippen LogP) is 19.2. The third kappa shape index (κ3) is 9.15. The third-order valence-electron chi connectivity index (χ3n) is 16.0. The molecule has 0 N–H and O–H groups in total. The minimum absolute atomic E-state index is 0.0200. The van der Waals surface area contributed by atoms with Crippen LogP contribution in [-0.2, 0) is 6.18 Å². The molecule has 0 aliphatic carbocycles. The molecule has 0 unspecified atom stereocenters. The van der Waals surface area contributed by atoms with Crippen molar-refractivity contribution in [2.75, 3.05) is 0 Å². The number of fused-ring (bicyclic) bond motifs is 6. The zero-order chi connectivity index (χ0) is 59.5. The molecule has 0 spiro atoms. The molecule has 12 heteroatoms. The van der Waals surface area contributed by atoms with Gasteiger partial charge in [0.2, 0.25) is 0 Å². The van der Waals surface area contributed by atoms with Gasteiger partial charge >= 0.3 is 6.18 Å². The Morgan fingerprint density at radius 1 is 0.379 bits per heavy atom. The molecule has 0 atom stereocenters. The van der Waals surface area contributed by atoms with Crippen molar-refractivity contribution < 1.29 is 13.2 Å². The van der Waals surface area contributed by atoms with Crippen LogP contribution in [0.25, 0.3) is 139 Å². The van der Waals surface area contributed by atoms with Crippen molar-refractivity contribution in [1.29, 1.82) is 15.8 Å². The van der Waals surface area contributed by atoms with Gasteiger partial charge in [-0.2, -0.15) is 29.0 Å². The fraction of sp³-hybridized carbons (Fsp3) is 0.0267. The smallest absolute Gasteiger partial charge is 0.309 e. The molecule has 0 bridgehead atoms. The third-order valence-corrected chi connectivity index (χ3v) is 16.0. The summed E-state index contributed by atoms with van der Waals surface area (Å²) in [6.45, 7) is 9.97. The van der Waals surface area contributed by atoms with Gasteiger partial charge in [-0.25, -0.2) is 19.8 Å². The van der Waals surface area contributed by atoms with Crippen molar-refractivity contribution in [2.45, 2.75) is 13.1 Å². The van der Waals surface area contributed by atoms with Crippen LogP contribution in [0.15, 0.2) is 237 Å². The van der Waals surface area contributed by atoms with E-state index in [0.29, 0.717) is 61.5 Å². The first kappa shape index (κ1) is 52.8. The maximum Gasteiger partial charge on any atom is 0.416 e. The maximum atomic E-state index is 15.4. The van der Waals surface area contributed by atoms with E-state index >= 15 is 13.2 Å². The van der Waals surface area contributed by atoms with Crippen LogP contribution in [0.4, 0.5) is 18.9 Å². The molecule has 0 amide bonds. The van der Waals surface area contributed by atoms with Crippen molar-refractivity contribution in [3.63, 3.8) is 0 Å². The van der Waals surface area contributed by atoms with Crippen molar-refractivity contribution in [1.82, 2.24) is 24.1 Å². The number of nitrogens with zero attached hydrogens (tertiary/aromatic N) is 9. The largest absolute Gasteiger partial charge is 0.416 e. The average molecular weight is 1130 g/mol. The number of aromatic nitrogens is 5. The lowest BCUT2D eigenvalue weighted by Gasteiger charge is -2.18. The van der Waals surface area contributed by atoms with E-state index in [2.05, 4.69) is 39.8 Å². The number of hydrogen-bond donors (Lipinski definition) is 0. The fourth-order valence-corrected chi connectivity index (χ4v) is 12.0. The molecule has 87 heavy (non-hydrogen) atoms. The molecule has 0 radical (unpaired) electrons. The summed E-state index contributed by atoms with van der Waals surface area (Å²) in [5.41, 5.74) is 13.3. The van der Waals surface area contributed by atoms with Gasteiger partial charge in [-0.1, -0.05) is 145 Å². The lowest BCUT2D eigenvalue weighted by molar-refractivity contribution is -0.137. The van der Waals surface area contributed by atoms with Gasteiger partial charge in [0.05, 0.1) is 80.5 Å². The number of aryl methyl sites for hydroxylation is 1. The maximum absolute atomic E-state index is 15.4. The van der Waals surface area contributed by atoms with Crippen LogP contribution in [0.1, 0.15) is 27.8 Å². The number of benzene rings is 11. The second-order valence-corrected chi connectivity index (χ2v) is 21.1. The van der Waals surface area contributed by atoms with Gasteiger partial charge in [-0.15, -0.1) is 0 Å². The molecule has 3 aromatic heterocycles. The normalized spacial score (nSPS) is 11.4. The van der Waals surface area contributed by atoms with Gasteiger partial charge in [-0.05, 0) is 148 Å². The number of alkyl halides is 3. The topological polar surface area (TPSA) is 124 Å². The molecule has 408 valence electrons. The first-order chi connectivity index (χ1) is 42.5. The van der Waals surface area contributed by atoms with Gasteiger partial charge in [0.15, 0.2) is 23.2 Å². The van der Waals surface area contributed by atoms with Crippen LogP contribution in [0, 0.1) is 47.5 Å². The summed E-state index contributed by atoms with van der Waals surface area (Å²) in [5, 5.41) is 33.9. The molecular weight excluding hydrogens is 1080 g/mol. The molecule has 0 fully saturated rings. The summed E-state index contributed by atoms with van der Waals surface area (Å²) in [4.78, 5) is 19.4. The van der Waals surface area contributed by atoms with E-state index in [9.17, 15) is 15.8 Å². The predicted molar refractivity (Wildman–Crippen MR) is 337 cm³/mol. The first-order valence-electron chi connectivity index (χ1n) is 27.8. The molecular formula is C75H42F3N9. The molecule has 11 aromatic carbocycles. The van der Waals surface area contributed by atoms with Gasteiger partial charge in [0.25, 0.3) is 0 Å². The van der Waals surface area contributed by atoms with Gasteiger partial charge in [-0.3, -0.25) is 0 Å². The Labute approximate surface area is 497 Å². The Bertz CT molecular complexity index is 5130. The Hall–Kier alpha value is -12.2. The lowest BCUT2D eigenvalue weighted by Crippen LogP contribution is -2.09. The van der Waals surface area contributed by atoms with Crippen LogP contribution in [0.2, 0.25) is 0 Å². The standard InChI is InChI=1S/C75H42F3N9/c1-45-24-30-70(86-66-31-25-47(55-19-9-6-16-51(55)42-79)37-59(66)60-38-48(26-32-67(60)86)56-20-10-7-17-52(56)43-80)63(36-45)73-83-72(46-14-4-3-5-15-46)84-74(85-73)64-41-54(75(76,77)78)29-35-71(64)87-68-33-27-49(57-21-11-8-18-53(57)44-81)39-61(68)62-40-50(28-34-69(62)87)58-22-12-13-23-65(58)82-2/h3-41H,1H3. The summed E-state index contributed by atoms with van der Waals surface area (Å²) in [6.07, 6.45) is -4.77. The minimum atomic E-state index is -4.77. The number of halogens is 3. The fourth-order valence-electron chi connectivity index (χ4n) is 12.0. The van der Waals surface area contributed by atoms with E-state index in [1.807, 2.05) is 193 Å².